The molecule has 0 unspecified atom stereocenters. The third kappa shape index (κ3) is 21.2. The lowest BCUT2D eigenvalue weighted by atomic mass is 9.84. The highest BCUT2D eigenvalue weighted by molar-refractivity contribution is 5.67. The van der Waals surface area contributed by atoms with Crippen LogP contribution in [0.15, 0.2) is 183 Å². The number of nitrogens with zero attached hydrogens (tertiary/aromatic N) is 5. The van der Waals surface area contributed by atoms with E-state index in [1.807, 2.05) is 0 Å². The second kappa shape index (κ2) is 38.6. The van der Waals surface area contributed by atoms with Gasteiger partial charge in [0.05, 0.1) is 0 Å². The molecule has 15 rings (SSSR count). The van der Waals surface area contributed by atoms with E-state index in [4.69, 9.17) is 0 Å². The second-order valence-electron chi connectivity index (χ2n) is 36.3. The van der Waals surface area contributed by atoms with Crippen LogP contribution in [0.2, 0.25) is 0 Å². The number of hydrogen-bond donors (Lipinski definition) is 0. The zero-order chi connectivity index (χ0) is 79.2. The van der Waals surface area contributed by atoms with Crippen LogP contribution < -0.4 is 22.8 Å². The maximum absolute atomic E-state index is 2.45. The molecule has 10 aromatic rings. The summed E-state index contributed by atoms with van der Waals surface area (Å²) in [6, 6.07) is 58.4. The minimum Gasteiger partial charge on any atom is -0.201 e. The third-order valence-electron chi connectivity index (χ3n) is 26.4. The number of aryl methyl sites for hydroxylation is 11. The topological polar surface area (TPSA) is 19.4 Å². The van der Waals surface area contributed by atoms with E-state index in [9.17, 15) is 0 Å². The molecule has 586 valence electrons. The van der Waals surface area contributed by atoms with E-state index < -0.39 is 0 Å². The van der Waals surface area contributed by atoms with Gasteiger partial charge in [0.2, 0.25) is 28.5 Å². The highest BCUT2D eigenvalue weighted by Gasteiger charge is 2.29. The standard InChI is InChI=1S/C23H32N.C22H30N.2C21H28N.C19H24N/c1-5-18(6-2)20-12-11-17(3)22(15-20)23-16-21(13-14-24(23)4)19-9-7-8-10-19;1-16-10-11-19(22(2,3)4)15-20(16)21-14-18(12-13-23(21)5)17-8-6-7-9-17;1-15(2)18-9-10-20(16(3)13-18)21-14-19(11-12-22(21)4)17-7-5-6-8-17;1-15(2)18-10-9-16(3)20(13-18)21-14-19(11-12-22(21)4)17-7-5-6-8-17;1-14-8-9-18(15(2)12-14)19-13-17(10-11-20(19)3)16-6-4-5-7-16/h11-16,18-19H,5-10H2,1-4H3;10-15,17H,6-9H2,1-5H3;2*9-15,17H,5-8H2,1-4H3;8-13,16H,4-7H2,1-3H3/q5*+1. The Hall–Kier alpha value is -8.15. The van der Waals surface area contributed by atoms with E-state index in [0.29, 0.717) is 17.8 Å². The third-order valence-corrected chi connectivity index (χ3v) is 26.4. The first kappa shape index (κ1) is 83.8. The summed E-state index contributed by atoms with van der Waals surface area (Å²) in [5.74, 6) is 5.69. The summed E-state index contributed by atoms with van der Waals surface area (Å²) in [5, 5.41) is 0. The summed E-state index contributed by atoms with van der Waals surface area (Å²) < 4.78 is 11.3. The van der Waals surface area contributed by atoms with Crippen LogP contribution in [0.25, 0.3) is 56.3 Å². The fourth-order valence-corrected chi connectivity index (χ4v) is 18.8. The van der Waals surface area contributed by atoms with E-state index in [-0.39, 0.29) is 5.41 Å². The fraction of sp³-hybridized carbons (Fsp3) is 0.481. The van der Waals surface area contributed by atoms with Gasteiger partial charge in [-0.25, -0.2) is 22.8 Å². The molecule has 5 aromatic heterocycles. The molecule has 5 aliphatic carbocycles. The summed E-state index contributed by atoms with van der Waals surface area (Å²) in [6.45, 7) is 33.8. The van der Waals surface area contributed by atoms with Crippen molar-refractivity contribution in [3.63, 3.8) is 0 Å². The van der Waals surface area contributed by atoms with Crippen molar-refractivity contribution in [1.29, 1.82) is 0 Å². The van der Waals surface area contributed by atoms with Crippen LogP contribution in [-0.2, 0) is 40.7 Å². The molecule has 5 heterocycles. The average molecular weight is 1490 g/mol. The molecule has 0 N–H and O–H groups in total. The predicted molar refractivity (Wildman–Crippen MR) is 470 cm³/mol. The molecular weight excluding hydrogens is 1340 g/mol. The highest BCUT2D eigenvalue weighted by atomic mass is 14.9. The monoisotopic (exact) mass is 1490 g/mol. The van der Waals surface area contributed by atoms with Crippen molar-refractivity contribution in [3.05, 3.63) is 266 Å². The smallest absolute Gasteiger partial charge is 0.201 e. The number of pyridine rings is 5. The van der Waals surface area contributed by atoms with E-state index >= 15 is 0 Å². The molecule has 0 saturated heterocycles. The Bertz CT molecular complexity index is 4680. The van der Waals surface area contributed by atoms with Crippen molar-refractivity contribution in [2.24, 2.45) is 35.2 Å². The molecule has 0 amide bonds. The SMILES string of the molecule is CCC(CC)c1ccc(C)c(-c2cc(C3CCCC3)cc[n+]2C)c1.Cc1cc(C(C)C)ccc1-c1cc(C2CCCC2)cc[n+]1C.Cc1ccc(-c2cc(C3CCCC3)cc[n+]2C)c(C)c1.Cc1ccc(C(C)(C)C)cc1-c1cc(C2CCCC2)cc[n+]1C.Cc1ccc(C(C)C)cc1-c1cc(C2CCCC2)cc[n+]1C. The summed E-state index contributed by atoms with van der Waals surface area (Å²) in [5.41, 5.74) is 35.4. The molecule has 5 nitrogen and oxygen atoms in total. The first-order valence-corrected chi connectivity index (χ1v) is 43.8. The number of aromatic nitrogens is 5. The van der Waals surface area contributed by atoms with Gasteiger partial charge in [-0.15, -0.1) is 0 Å². The summed E-state index contributed by atoms with van der Waals surface area (Å²) in [4.78, 5) is 0. The van der Waals surface area contributed by atoms with Crippen molar-refractivity contribution < 1.29 is 22.8 Å². The van der Waals surface area contributed by atoms with Crippen LogP contribution in [-0.4, -0.2) is 0 Å². The molecule has 0 atom stereocenters. The van der Waals surface area contributed by atoms with Gasteiger partial charge in [-0.3, -0.25) is 0 Å². The minimum absolute atomic E-state index is 0.185. The van der Waals surface area contributed by atoms with Crippen LogP contribution in [0, 0.1) is 41.5 Å². The molecule has 5 aromatic carbocycles. The van der Waals surface area contributed by atoms with Gasteiger partial charge in [-0.05, 0) is 280 Å². The Morgan fingerprint density at radius 3 is 0.865 bits per heavy atom. The van der Waals surface area contributed by atoms with Crippen LogP contribution in [0.1, 0.15) is 334 Å². The predicted octanol–water partition coefficient (Wildman–Crippen LogP) is 26.5. The van der Waals surface area contributed by atoms with Gasteiger partial charge in [0.1, 0.15) is 35.2 Å². The zero-order valence-corrected chi connectivity index (χ0v) is 72.7. The molecule has 0 radical (unpaired) electrons. The molecule has 111 heavy (non-hydrogen) atoms. The minimum atomic E-state index is 0.185. The normalized spacial score (nSPS) is 15.7. The van der Waals surface area contributed by atoms with Crippen molar-refractivity contribution in [2.75, 3.05) is 0 Å². The van der Waals surface area contributed by atoms with Crippen molar-refractivity contribution in [1.82, 2.24) is 0 Å². The van der Waals surface area contributed by atoms with Crippen LogP contribution in [0.3, 0.4) is 0 Å². The number of benzene rings is 5. The Morgan fingerprint density at radius 2 is 0.559 bits per heavy atom. The fourth-order valence-electron chi connectivity index (χ4n) is 18.8. The van der Waals surface area contributed by atoms with Crippen LogP contribution in [0.5, 0.6) is 0 Å². The number of hydrogen-bond acceptors (Lipinski definition) is 0. The average Bonchev–Trinajstić information content (AvgIpc) is 1.74. The van der Waals surface area contributed by atoms with Gasteiger partial charge >= 0.3 is 0 Å². The second-order valence-corrected chi connectivity index (χ2v) is 36.3. The lowest BCUT2D eigenvalue weighted by Crippen LogP contribution is -2.31. The van der Waals surface area contributed by atoms with Crippen LogP contribution in [0.4, 0.5) is 0 Å². The number of rotatable bonds is 15. The first-order chi connectivity index (χ1) is 53.3. The largest absolute Gasteiger partial charge is 0.212 e. The van der Waals surface area contributed by atoms with E-state index in [0.717, 1.165) is 29.6 Å². The van der Waals surface area contributed by atoms with Gasteiger partial charge in [0.25, 0.3) is 0 Å². The van der Waals surface area contributed by atoms with Crippen molar-refractivity contribution in [3.8, 4) is 56.3 Å². The van der Waals surface area contributed by atoms with E-state index in [1.54, 1.807) is 0 Å². The molecule has 0 aliphatic heterocycles. The zero-order valence-electron chi connectivity index (χ0n) is 72.7. The molecule has 5 fully saturated rings. The van der Waals surface area contributed by atoms with Gasteiger partial charge < -0.3 is 0 Å². The highest BCUT2D eigenvalue weighted by Crippen LogP contribution is 2.42. The van der Waals surface area contributed by atoms with Gasteiger partial charge in [-0.2, -0.15) is 0 Å². The van der Waals surface area contributed by atoms with Crippen LogP contribution >= 0.6 is 0 Å². The van der Waals surface area contributed by atoms with Gasteiger partial charge in [0, 0.05) is 88.5 Å². The Balaban J connectivity index is 0.000000138. The molecule has 0 bridgehead atoms. The van der Waals surface area contributed by atoms with E-state index in [2.05, 4.69) is 345 Å². The maximum Gasteiger partial charge on any atom is 0.212 e. The molecule has 5 heteroatoms. The maximum atomic E-state index is 2.45. The van der Waals surface area contributed by atoms with Gasteiger partial charge in [0.15, 0.2) is 31.0 Å². The lowest BCUT2D eigenvalue weighted by Gasteiger charge is -2.20. The lowest BCUT2D eigenvalue weighted by molar-refractivity contribution is -0.660. The Morgan fingerprint density at radius 1 is 0.288 bits per heavy atom. The quantitative estimate of drug-likeness (QED) is 0.0912. The Labute approximate surface area is 674 Å². The Kier molecular flexibility index (Phi) is 29.1. The van der Waals surface area contributed by atoms with E-state index in [1.165, 1.54) is 281 Å². The van der Waals surface area contributed by atoms with Crippen molar-refractivity contribution in [2.45, 2.75) is 298 Å². The molecule has 0 spiro atoms. The van der Waals surface area contributed by atoms with Crippen molar-refractivity contribution >= 4 is 0 Å². The molecular formula is C106H142N5+5. The first-order valence-electron chi connectivity index (χ1n) is 43.8. The van der Waals surface area contributed by atoms with Gasteiger partial charge in [-0.1, -0.05) is 193 Å². The molecule has 5 saturated carbocycles. The summed E-state index contributed by atoms with van der Waals surface area (Å²) in [6.07, 6.45) is 41.1. The molecule has 5 aliphatic rings. The summed E-state index contributed by atoms with van der Waals surface area (Å²) in [7, 11) is 10.8. The summed E-state index contributed by atoms with van der Waals surface area (Å²) >= 11 is 0.